The summed E-state index contributed by atoms with van der Waals surface area (Å²) >= 11 is 12.8. The van der Waals surface area contributed by atoms with Crippen molar-refractivity contribution in [1.82, 2.24) is 10.2 Å². The predicted molar refractivity (Wildman–Crippen MR) is 114 cm³/mol. The maximum Gasteiger partial charge on any atom is 0.293 e. The van der Waals surface area contributed by atoms with Crippen LogP contribution in [0.3, 0.4) is 0 Å². The third-order valence-electron chi connectivity index (χ3n) is 4.35. The number of hydrogen-bond acceptors (Lipinski definition) is 6. The highest BCUT2D eigenvalue weighted by atomic mass is 35.5. The molecule has 30 heavy (non-hydrogen) atoms. The molecule has 10 heteroatoms. The van der Waals surface area contributed by atoms with Gasteiger partial charge in [-0.3, -0.25) is 19.3 Å². The Morgan fingerprint density at radius 1 is 1.17 bits per heavy atom. The monoisotopic (exact) mass is 464 g/mol. The lowest BCUT2D eigenvalue weighted by molar-refractivity contribution is -0.122. The largest absolute Gasteiger partial charge is 0.454 e. The molecule has 2 aromatic rings. The van der Waals surface area contributed by atoms with E-state index in [0.29, 0.717) is 27.0 Å². The minimum Gasteiger partial charge on any atom is -0.454 e. The summed E-state index contributed by atoms with van der Waals surface area (Å²) in [5.41, 5.74) is 1.05. The third kappa shape index (κ3) is 4.26. The van der Waals surface area contributed by atoms with Crippen LogP contribution in [0.2, 0.25) is 10.0 Å². The van der Waals surface area contributed by atoms with E-state index < -0.39 is 11.8 Å². The second-order valence-corrected chi connectivity index (χ2v) is 8.17. The first kappa shape index (κ1) is 20.6. The number of rotatable bonds is 5. The molecule has 7 nitrogen and oxygen atoms in total. The van der Waals surface area contributed by atoms with Crippen LogP contribution in [-0.4, -0.2) is 41.8 Å². The van der Waals surface area contributed by atoms with E-state index in [0.717, 1.165) is 22.2 Å². The van der Waals surface area contributed by atoms with Gasteiger partial charge in [-0.05, 0) is 47.7 Å². The van der Waals surface area contributed by atoms with Gasteiger partial charge in [-0.25, -0.2) is 0 Å². The quantitative estimate of drug-likeness (QED) is 0.667. The zero-order chi connectivity index (χ0) is 21.3. The van der Waals surface area contributed by atoms with Gasteiger partial charge in [0.15, 0.2) is 11.5 Å². The number of imide groups is 1. The molecular formula is C20H14Cl2N2O5S. The zero-order valence-corrected chi connectivity index (χ0v) is 17.6. The Kier molecular flexibility index (Phi) is 5.90. The van der Waals surface area contributed by atoms with Gasteiger partial charge in [-0.1, -0.05) is 35.3 Å². The Bertz CT molecular complexity index is 1070. The number of carbonyl (C=O) groups is 3. The number of benzene rings is 2. The van der Waals surface area contributed by atoms with Gasteiger partial charge in [0, 0.05) is 23.7 Å². The third-order valence-corrected chi connectivity index (χ3v) is 5.79. The Morgan fingerprint density at radius 3 is 2.70 bits per heavy atom. The van der Waals surface area contributed by atoms with Crippen molar-refractivity contribution in [1.29, 1.82) is 0 Å². The van der Waals surface area contributed by atoms with Crippen molar-refractivity contribution in [2.45, 2.75) is 0 Å². The van der Waals surface area contributed by atoms with Gasteiger partial charge < -0.3 is 14.8 Å². The standard InChI is InChI=1S/C20H14Cl2N2O5S/c21-13-3-1-11(2-4-13)7-16-19(26)24(20(27)30-16)6-5-23-18(25)12-8-14(22)17-15(9-12)28-10-29-17/h1-4,7-9H,5-6,10H2,(H,23,25)/b16-7-. The molecule has 1 N–H and O–H groups in total. The summed E-state index contributed by atoms with van der Waals surface area (Å²) in [6, 6.07) is 9.92. The predicted octanol–water partition coefficient (Wildman–Crippen LogP) is 4.19. The molecule has 0 unspecified atom stereocenters. The van der Waals surface area contributed by atoms with Crippen molar-refractivity contribution in [2.24, 2.45) is 0 Å². The van der Waals surface area contributed by atoms with Crippen molar-refractivity contribution in [2.75, 3.05) is 19.9 Å². The first-order valence-corrected chi connectivity index (χ1v) is 10.4. The number of carbonyl (C=O) groups excluding carboxylic acids is 3. The van der Waals surface area contributed by atoms with Crippen molar-refractivity contribution < 1.29 is 23.9 Å². The summed E-state index contributed by atoms with van der Waals surface area (Å²) < 4.78 is 10.5. The maximum atomic E-state index is 12.5. The van der Waals surface area contributed by atoms with E-state index in [2.05, 4.69) is 5.32 Å². The fraction of sp³-hybridized carbons (Fsp3) is 0.150. The molecule has 0 atom stereocenters. The fourth-order valence-electron chi connectivity index (χ4n) is 2.88. The van der Waals surface area contributed by atoms with Gasteiger partial charge in [0.2, 0.25) is 6.79 Å². The molecule has 0 saturated carbocycles. The molecule has 2 aliphatic heterocycles. The Hall–Kier alpha value is -2.68. The van der Waals surface area contributed by atoms with Crippen LogP contribution >= 0.6 is 35.0 Å². The average Bonchev–Trinajstić information content (AvgIpc) is 3.30. The number of halogens is 2. The van der Waals surface area contributed by atoms with Crippen LogP contribution in [0.15, 0.2) is 41.3 Å². The first-order chi connectivity index (χ1) is 14.4. The van der Waals surface area contributed by atoms with E-state index in [1.54, 1.807) is 30.3 Å². The van der Waals surface area contributed by atoms with E-state index in [-0.39, 0.29) is 30.1 Å². The van der Waals surface area contributed by atoms with Crippen LogP contribution in [0.1, 0.15) is 15.9 Å². The van der Waals surface area contributed by atoms with Crippen LogP contribution in [0.25, 0.3) is 6.08 Å². The zero-order valence-electron chi connectivity index (χ0n) is 15.3. The van der Waals surface area contributed by atoms with Gasteiger partial charge in [0.05, 0.1) is 9.93 Å². The Balaban J connectivity index is 1.36. The molecular weight excluding hydrogens is 451 g/mol. The second kappa shape index (κ2) is 8.59. The highest BCUT2D eigenvalue weighted by molar-refractivity contribution is 8.18. The topological polar surface area (TPSA) is 84.9 Å². The summed E-state index contributed by atoms with van der Waals surface area (Å²) in [6.45, 7) is 0.187. The molecule has 3 amide bonds. The average molecular weight is 465 g/mol. The Labute approximate surface area is 185 Å². The lowest BCUT2D eigenvalue weighted by Gasteiger charge is -2.13. The van der Waals surface area contributed by atoms with Gasteiger partial charge in [0.25, 0.3) is 17.1 Å². The molecule has 2 heterocycles. The number of thioether (sulfide) groups is 1. The first-order valence-electron chi connectivity index (χ1n) is 8.80. The summed E-state index contributed by atoms with van der Waals surface area (Å²) in [5, 5.41) is 3.14. The lowest BCUT2D eigenvalue weighted by atomic mass is 10.2. The maximum absolute atomic E-state index is 12.5. The smallest absolute Gasteiger partial charge is 0.293 e. The summed E-state index contributed by atoms with van der Waals surface area (Å²) in [4.78, 5) is 38.5. The van der Waals surface area contributed by atoms with Crippen molar-refractivity contribution >= 4 is 58.1 Å². The number of nitrogens with one attached hydrogen (secondary N) is 1. The van der Waals surface area contributed by atoms with Crippen molar-refractivity contribution in [3.05, 3.63) is 62.5 Å². The van der Waals surface area contributed by atoms with E-state index in [1.807, 2.05) is 0 Å². The molecule has 2 aliphatic rings. The number of fused-ring (bicyclic) bond motifs is 1. The molecule has 0 aromatic heterocycles. The molecule has 154 valence electrons. The van der Waals surface area contributed by atoms with Gasteiger partial charge >= 0.3 is 0 Å². The van der Waals surface area contributed by atoms with Crippen molar-refractivity contribution in [3.8, 4) is 11.5 Å². The molecule has 0 aliphatic carbocycles. The van der Waals surface area contributed by atoms with Crippen LogP contribution in [0.4, 0.5) is 4.79 Å². The van der Waals surface area contributed by atoms with E-state index in [9.17, 15) is 14.4 Å². The molecule has 4 rings (SSSR count). The SMILES string of the molecule is O=C(NCCN1C(=O)S/C(=C\c2ccc(Cl)cc2)C1=O)c1cc(Cl)c2c(c1)OCO2. The fourth-order valence-corrected chi connectivity index (χ4v) is 4.14. The molecule has 1 saturated heterocycles. The number of amides is 3. The lowest BCUT2D eigenvalue weighted by Crippen LogP contribution is -2.37. The molecule has 1 fully saturated rings. The molecule has 0 radical (unpaired) electrons. The minimum atomic E-state index is -0.404. The van der Waals surface area contributed by atoms with Gasteiger partial charge in [0.1, 0.15) is 0 Å². The van der Waals surface area contributed by atoms with E-state index in [4.69, 9.17) is 32.7 Å². The summed E-state index contributed by atoms with van der Waals surface area (Å²) in [5.74, 6) is -0.0105. The normalized spacial score (nSPS) is 16.5. The molecule has 0 bridgehead atoms. The van der Waals surface area contributed by atoms with Gasteiger partial charge in [-0.2, -0.15) is 0 Å². The van der Waals surface area contributed by atoms with Crippen LogP contribution in [0, 0.1) is 0 Å². The number of nitrogens with zero attached hydrogens (tertiary/aromatic N) is 1. The van der Waals surface area contributed by atoms with Crippen molar-refractivity contribution in [3.63, 3.8) is 0 Å². The van der Waals surface area contributed by atoms with Gasteiger partial charge in [-0.15, -0.1) is 0 Å². The second-order valence-electron chi connectivity index (χ2n) is 6.33. The van der Waals surface area contributed by atoms with Crippen LogP contribution in [0.5, 0.6) is 11.5 Å². The van der Waals surface area contributed by atoms with Crippen LogP contribution in [-0.2, 0) is 4.79 Å². The molecule has 2 aromatic carbocycles. The summed E-state index contributed by atoms with van der Waals surface area (Å²) in [6.07, 6.45) is 1.63. The minimum absolute atomic E-state index is 0.0445. The molecule has 0 spiro atoms. The number of hydrogen-bond donors (Lipinski definition) is 1. The summed E-state index contributed by atoms with van der Waals surface area (Å²) in [7, 11) is 0. The Morgan fingerprint density at radius 2 is 1.93 bits per heavy atom. The van der Waals surface area contributed by atoms with E-state index >= 15 is 0 Å². The highest BCUT2D eigenvalue weighted by Gasteiger charge is 2.34. The highest BCUT2D eigenvalue weighted by Crippen LogP contribution is 2.39. The van der Waals surface area contributed by atoms with E-state index in [1.165, 1.54) is 12.1 Å². The van der Waals surface area contributed by atoms with Crippen LogP contribution < -0.4 is 14.8 Å². The number of ether oxygens (including phenoxy) is 2.